The fraction of sp³-hybridized carbons (Fsp3) is 0.217. The van der Waals surface area contributed by atoms with Crippen LogP contribution in [0.1, 0.15) is 12.0 Å². The molecule has 0 saturated carbocycles. The van der Waals surface area contributed by atoms with Crippen LogP contribution in [0.4, 0.5) is 0 Å². The number of fused-ring (bicyclic) bond motifs is 1. The van der Waals surface area contributed by atoms with Crippen LogP contribution >= 0.6 is 0 Å². The number of rotatable bonds is 7. The monoisotopic (exact) mass is 401 g/mol. The van der Waals surface area contributed by atoms with Crippen LogP contribution in [-0.2, 0) is 17.9 Å². The van der Waals surface area contributed by atoms with Crippen LogP contribution in [0.15, 0.2) is 71.8 Å². The van der Waals surface area contributed by atoms with Gasteiger partial charge in [0.15, 0.2) is 0 Å². The smallest absolute Gasteiger partial charge is 0.266 e. The van der Waals surface area contributed by atoms with Crippen molar-refractivity contribution < 1.29 is 4.79 Å². The Balaban J connectivity index is 1.32. The maximum Gasteiger partial charge on any atom is 0.266 e. The van der Waals surface area contributed by atoms with Gasteiger partial charge in [-0.25, -0.2) is 9.67 Å². The Hall–Kier alpha value is -3.74. The van der Waals surface area contributed by atoms with E-state index in [1.165, 1.54) is 16.3 Å². The van der Waals surface area contributed by atoms with Gasteiger partial charge in [-0.2, -0.15) is 5.10 Å². The largest absolute Gasteiger partial charge is 0.354 e. The second-order valence-corrected chi connectivity index (χ2v) is 7.17. The number of benzene rings is 2. The normalized spacial score (nSPS) is 11.0. The summed E-state index contributed by atoms with van der Waals surface area (Å²) in [6.45, 7) is 3.23. The molecule has 2 heterocycles. The van der Waals surface area contributed by atoms with E-state index in [0.29, 0.717) is 26.1 Å². The third-order valence-electron chi connectivity index (χ3n) is 4.97. The molecule has 0 bridgehead atoms. The van der Waals surface area contributed by atoms with Crippen LogP contribution < -0.4 is 10.9 Å². The maximum atomic E-state index is 12.2. The molecule has 2 aromatic heterocycles. The fourth-order valence-corrected chi connectivity index (χ4v) is 3.29. The number of aryl methyl sites for hydroxylation is 2. The Labute approximate surface area is 174 Å². The number of carbonyl (C=O) groups excluding carboxylic acids is 1. The number of aromatic nitrogens is 4. The van der Waals surface area contributed by atoms with Crippen molar-refractivity contribution in [2.75, 3.05) is 6.54 Å². The van der Waals surface area contributed by atoms with Crippen molar-refractivity contribution in [3.05, 3.63) is 82.9 Å². The number of nitrogens with zero attached hydrogens (tertiary/aromatic N) is 4. The zero-order chi connectivity index (χ0) is 20.9. The summed E-state index contributed by atoms with van der Waals surface area (Å²) < 4.78 is 3.35. The van der Waals surface area contributed by atoms with E-state index in [-0.39, 0.29) is 11.5 Å². The Kier molecular flexibility index (Phi) is 5.70. The molecule has 152 valence electrons. The van der Waals surface area contributed by atoms with Gasteiger partial charge in [-0.3, -0.25) is 9.59 Å². The molecule has 30 heavy (non-hydrogen) atoms. The first-order valence-corrected chi connectivity index (χ1v) is 9.92. The lowest BCUT2D eigenvalue weighted by atomic mass is 10.1. The lowest BCUT2D eigenvalue weighted by Gasteiger charge is -2.09. The average Bonchev–Trinajstić information content (AvgIpc) is 3.17. The van der Waals surface area contributed by atoms with E-state index >= 15 is 0 Å². The van der Waals surface area contributed by atoms with Crippen LogP contribution in [0.25, 0.3) is 22.3 Å². The first-order valence-electron chi connectivity index (χ1n) is 9.92. The van der Waals surface area contributed by atoms with E-state index < -0.39 is 0 Å². The number of hydrogen-bond donors (Lipinski definition) is 1. The van der Waals surface area contributed by atoms with Gasteiger partial charge in [0.2, 0.25) is 5.91 Å². The Morgan fingerprint density at radius 2 is 1.80 bits per heavy atom. The highest BCUT2D eigenvalue weighted by molar-refractivity contribution is 5.77. The first-order chi connectivity index (χ1) is 14.6. The standard InChI is InChI=1S/C23H23N5O2/c1-17-6-8-18(9-7-17)19-10-11-23(30)28(26-19)15-13-24-22(29)12-14-27-16-25-20-4-2-3-5-21(20)27/h2-11,16H,12-15H2,1H3,(H,24,29). The summed E-state index contributed by atoms with van der Waals surface area (Å²) in [5.41, 5.74) is 4.58. The molecule has 0 fully saturated rings. The molecule has 7 heteroatoms. The Morgan fingerprint density at radius 3 is 2.63 bits per heavy atom. The molecule has 0 radical (unpaired) electrons. The van der Waals surface area contributed by atoms with Gasteiger partial charge in [0.25, 0.3) is 5.56 Å². The molecule has 0 aliphatic carbocycles. The summed E-state index contributed by atoms with van der Waals surface area (Å²) in [6, 6.07) is 19.0. The number of nitrogens with one attached hydrogen (secondary N) is 1. The van der Waals surface area contributed by atoms with E-state index in [9.17, 15) is 9.59 Å². The summed E-state index contributed by atoms with van der Waals surface area (Å²) in [5, 5.41) is 7.29. The van der Waals surface area contributed by atoms with Gasteiger partial charge in [-0.1, -0.05) is 42.0 Å². The first kappa shape index (κ1) is 19.6. The topological polar surface area (TPSA) is 81.8 Å². The quantitative estimate of drug-likeness (QED) is 0.516. The summed E-state index contributed by atoms with van der Waals surface area (Å²) >= 11 is 0. The minimum atomic E-state index is -0.190. The minimum absolute atomic E-state index is 0.0736. The number of amides is 1. The van der Waals surface area contributed by atoms with Crippen LogP contribution in [0.5, 0.6) is 0 Å². The zero-order valence-electron chi connectivity index (χ0n) is 16.8. The molecule has 4 rings (SSSR count). The van der Waals surface area contributed by atoms with E-state index in [1.54, 1.807) is 12.4 Å². The SMILES string of the molecule is Cc1ccc(-c2ccc(=O)n(CCNC(=O)CCn3cnc4ccccc43)n2)cc1. The summed E-state index contributed by atoms with van der Waals surface area (Å²) in [4.78, 5) is 28.7. The van der Waals surface area contributed by atoms with Gasteiger partial charge in [-0.05, 0) is 25.1 Å². The zero-order valence-corrected chi connectivity index (χ0v) is 16.8. The molecule has 0 aliphatic rings. The summed E-state index contributed by atoms with van der Waals surface area (Å²) in [7, 11) is 0. The molecule has 0 aliphatic heterocycles. The highest BCUT2D eigenvalue weighted by atomic mass is 16.1. The lowest BCUT2D eigenvalue weighted by molar-refractivity contribution is -0.121. The molecule has 2 aromatic carbocycles. The van der Waals surface area contributed by atoms with Crippen LogP contribution in [0.3, 0.4) is 0 Å². The molecule has 7 nitrogen and oxygen atoms in total. The second kappa shape index (κ2) is 8.73. The van der Waals surface area contributed by atoms with Gasteiger partial charge < -0.3 is 9.88 Å². The van der Waals surface area contributed by atoms with Crippen LogP contribution in [0, 0.1) is 6.92 Å². The van der Waals surface area contributed by atoms with Crippen molar-refractivity contribution in [3.63, 3.8) is 0 Å². The Bertz CT molecular complexity index is 1220. The minimum Gasteiger partial charge on any atom is -0.354 e. The van der Waals surface area contributed by atoms with Gasteiger partial charge in [0.1, 0.15) is 0 Å². The third kappa shape index (κ3) is 4.46. The molecule has 0 unspecified atom stereocenters. The highest BCUT2D eigenvalue weighted by Crippen LogP contribution is 2.15. The summed E-state index contributed by atoms with van der Waals surface area (Å²) in [5.74, 6) is -0.0736. The van der Waals surface area contributed by atoms with Gasteiger partial charge >= 0.3 is 0 Å². The van der Waals surface area contributed by atoms with E-state index in [4.69, 9.17) is 0 Å². The molecular weight excluding hydrogens is 378 g/mol. The average molecular weight is 401 g/mol. The predicted octanol–water partition coefficient (Wildman–Crippen LogP) is 2.77. The van der Waals surface area contributed by atoms with Crippen LogP contribution in [0.2, 0.25) is 0 Å². The second-order valence-electron chi connectivity index (χ2n) is 7.17. The molecule has 0 spiro atoms. The van der Waals surface area contributed by atoms with Crippen molar-refractivity contribution in [1.82, 2.24) is 24.6 Å². The molecular formula is C23H23N5O2. The van der Waals surface area contributed by atoms with Crippen molar-refractivity contribution in [3.8, 4) is 11.3 Å². The number of imidazole rings is 1. The number of carbonyl (C=O) groups is 1. The predicted molar refractivity (Wildman–Crippen MR) is 116 cm³/mol. The van der Waals surface area contributed by atoms with Gasteiger partial charge in [-0.15, -0.1) is 0 Å². The van der Waals surface area contributed by atoms with E-state index in [2.05, 4.69) is 15.4 Å². The van der Waals surface area contributed by atoms with Crippen molar-refractivity contribution in [2.24, 2.45) is 0 Å². The lowest BCUT2D eigenvalue weighted by Crippen LogP contribution is -2.32. The molecule has 4 aromatic rings. The fourth-order valence-electron chi connectivity index (χ4n) is 3.29. The van der Waals surface area contributed by atoms with E-state index in [0.717, 1.165) is 22.3 Å². The molecule has 1 N–H and O–H groups in total. The van der Waals surface area contributed by atoms with Crippen molar-refractivity contribution in [2.45, 2.75) is 26.4 Å². The molecule has 0 atom stereocenters. The maximum absolute atomic E-state index is 12.2. The van der Waals surface area contributed by atoms with Gasteiger partial charge in [0.05, 0.1) is 29.6 Å². The molecule has 1 amide bonds. The summed E-state index contributed by atoms with van der Waals surface area (Å²) in [6.07, 6.45) is 2.09. The van der Waals surface area contributed by atoms with Gasteiger partial charge in [0, 0.05) is 31.1 Å². The van der Waals surface area contributed by atoms with Crippen LogP contribution in [-0.4, -0.2) is 31.8 Å². The highest BCUT2D eigenvalue weighted by Gasteiger charge is 2.07. The number of para-hydroxylation sites is 2. The molecule has 0 saturated heterocycles. The van der Waals surface area contributed by atoms with Crippen molar-refractivity contribution in [1.29, 1.82) is 0 Å². The van der Waals surface area contributed by atoms with Crippen molar-refractivity contribution >= 4 is 16.9 Å². The van der Waals surface area contributed by atoms with E-state index in [1.807, 2.05) is 60.0 Å². The number of hydrogen-bond acceptors (Lipinski definition) is 4. The Morgan fingerprint density at radius 1 is 1.00 bits per heavy atom. The third-order valence-corrected chi connectivity index (χ3v) is 4.97.